The quantitative estimate of drug-likeness (QED) is 0.820. The van der Waals surface area contributed by atoms with Crippen molar-refractivity contribution in [3.8, 4) is 5.75 Å². The Bertz CT molecular complexity index is 329. The lowest BCUT2D eigenvalue weighted by Crippen LogP contribution is -2.26. The zero-order valence-electron chi connectivity index (χ0n) is 10.2. The Morgan fingerprint density at radius 1 is 1.38 bits per heavy atom. The molecule has 1 saturated carbocycles. The van der Waals surface area contributed by atoms with Gasteiger partial charge in [-0.15, -0.1) is 0 Å². The van der Waals surface area contributed by atoms with E-state index in [-0.39, 0.29) is 0 Å². The maximum absolute atomic E-state index is 6.03. The van der Waals surface area contributed by atoms with Crippen molar-refractivity contribution < 1.29 is 4.74 Å². The summed E-state index contributed by atoms with van der Waals surface area (Å²) in [5, 5.41) is 3.34. The second kappa shape index (κ2) is 5.35. The first-order valence-corrected chi connectivity index (χ1v) is 6.28. The van der Waals surface area contributed by atoms with Gasteiger partial charge >= 0.3 is 0 Å². The summed E-state index contributed by atoms with van der Waals surface area (Å²) in [5.74, 6) is 1.06. The van der Waals surface area contributed by atoms with E-state index in [0.29, 0.717) is 12.1 Å². The van der Waals surface area contributed by atoms with Crippen LogP contribution in [0.2, 0.25) is 0 Å². The first kappa shape index (κ1) is 11.5. The van der Waals surface area contributed by atoms with Gasteiger partial charge in [-0.25, -0.2) is 0 Å². The van der Waals surface area contributed by atoms with E-state index in [1.54, 1.807) is 0 Å². The molecule has 0 spiro atoms. The number of para-hydroxylation sites is 1. The largest absolute Gasteiger partial charge is 0.490 e. The molecule has 1 aliphatic carbocycles. The number of nitrogens with one attached hydrogen (secondary N) is 1. The molecular formula is C14H21NO. The number of ether oxygens (including phenoxy) is 1. The Morgan fingerprint density at radius 3 is 2.69 bits per heavy atom. The van der Waals surface area contributed by atoms with E-state index in [9.17, 15) is 0 Å². The Morgan fingerprint density at radius 2 is 2.12 bits per heavy atom. The molecule has 1 fully saturated rings. The number of hydrogen-bond acceptors (Lipinski definition) is 2. The summed E-state index contributed by atoms with van der Waals surface area (Å²) in [5.41, 5.74) is 1.29. The minimum absolute atomic E-state index is 0.399. The van der Waals surface area contributed by atoms with Gasteiger partial charge in [0.15, 0.2) is 0 Å². The van der Waals surface area contributed by atoms with Crippen LogP contribution in [0.4, 0.5) is 0 Å². The highest BCUT2D eigenvalue weighted by atomic mass is 16.5. The standard InChI is InChI=1S/C14H21NO/c1-3-13(15-2)12-9-4-5-10-14(12)16-11-7-6-8-11/h4-5,9-11,13,15H,3,6-8H2,1-2H3. The van der Waals surface area contributed by atoms with E-state index in [1.165, 1.54) is 24.8 Å². The second-order valence-corrected chi connectivity index (χ2v) is 4.46. The fourth-order valence-electron chi connectivity index (χ4n) is 2.12. The van der Waals surface area contributed by atoms with Crippen LogP contribution in [0, 0.1) is 0 Å². The average molecular weight is 219 g/mol. The molecule has 1 aromatic carbocycles. The Labute approximate surface area is 98.0 Å². The van der Waals surface area contributed by atoms with Gasteiger partial charge in [-0.2, -0.15) is 0 Å². The van der Waals surface area contributed by atoms with Gasteiger partial charge in [0.25, 0.3) is 0 Å². The topological polar surface area (TPSA) is 21.3 Å². The second-order valence-electron chi connectivity index (χ2n) is 4.46. The van der Waals surface area contributed by atoms with Gasteiger partial charge in [-0.1, -0.05) is 25.1 Å². The summed E-state index contributed by atoms with van der Waals surface area (Å²) >= 11 is 0. The monoisotopic (exact) mass is 219 g/mol. The van der Waals surface area contributed by atoms with E-state index in [0.717, 1.165) is 12.2 Å². The minimum atomic E-state index is 0.399. The summed E-state index contributed by atoms with van der Waals surface area (Å²) in [6.45, 7) is 2.20. The first-order chi connectivity index (χ1) is 7.85. The van der Waals surface area contributed by atoms with Crippen LogP contribution in [0.1, 0.15) is 44.2 Å². The smallest absolute Gasteiger partial charge is 0.124 e. The first-order valence-electron chi connectivity index (χ1n) is 6.28. The predicted molar refractivity (Wildman–Crippen MR) is 66.8 cm³/mol. The van der Waals surface area contributed by atoms with Crippen molar-refractivity contribution in [2.45, 2.75) is 44.8 Å². The molecule has 1 aliphatic rings. The van der Waals surface area contributed by atoms with Crippen LogP contribution in [0.3, 0.4) is 0 Å². The number of rotatable bonds is 5. The fraction of sp³-hybridized carbons (Fsp3) is 0.571. The molecule has 0 saturated heterocycles. The molecule has 2 nitrogen and oxygen atoms in total. The van der Waals surface area contributed by atoms with E-state index >= 15 is 0 Å². The van der Waals surface area contributed by atoms with Gasteiger partial charge in [0.05, 0.1) is 6.10 Å². The summed E-state index contributed by atoms with van der Waals surface area (Å²) < 4.78 is 6.03. The van der Waals surface area contributed by atoms with Crippen LogP contribution in [-0.2, 0) is 0 Å². The maximum atomic E-state index is 6.03. The van der Waals surface area contributed by atoms with E-state index in [1.807, 2.05) is 7.05 Å². The molecule has 0 aliphatic heterocycles. The normalized spacial score (nSPS) is 17.9. The van der Waals surface area contributed by atoms with E-state index in [2.05, 4.69) is 36.5 Å². The molecule has 0 aromatic heterocycles. The molecule has 1 aromatic rings. The lowest BCUT2D eigenvalue weighted by atomic mass is 9.95. The molecular weight excluding hydrogens is 198 g/mol. The molecule has 2 heteroatoms. The van der Waals surface area contributed by atoms with Crippen molar-refractivity contribution >= 4 is 0 Å². The van der Waals surface area contributed by atoms with E-state index < -0.39 is 0 Å². The van der Waals surface area contributed by atoms with Crippen LogP contribution in [-0.4, -0.2) is 13.2 Å². The van der Waals surface area contributed by atoms with Gasteiger partial charge in [0, 0.05) is 11.6 Å². The number of hydrogen-bond donors (Lipinski definition) is 1. The van der Waals surface area contributed by atoms with Gasteiger partial charge < -0.3 is 10.1 Å². The van der Waals surface area contributed by atoms with Crippen molar-refractivity contribution in [1.82, 2.24) is 5.32 Å². The van der Waals surface area contributed by atoms with Gasteiger partial charge in [0.2, 0.25) is 0 Å². The number of benzene rings is 1. The molecule has 1 unspecified atom stereocenters. The Kier molecular flexibility index (Phi) is 3.83. The van der Waals surface area contributed by atoms with Crippen molar-refractivity contribution in [2.24, 2.45) is 0 Å². The third-order valence-electron chi connectivity index (χ3n) is 3.40. The minimum Gasteiger partial charge on any atom is -0.490 e. The van der Waals surface area contributed by atoms with Crippen molar-refractivity contribution in [3.63, 3.8) is 0 Å². The van der Waals surface area contributed by atoms with Crippen molar-refractivity contribution in [1.29, 1.82) is 0 Å². The van der Waals surface area contributed by atoms with Crippen LogP contribution >= 0.6 is 0 Å². The third-order valence-corrected chi connectivity index (χ3v) is 3.40. The summed E-state index contributed by atoms with van der Waals surface area (Å²) in [7, 11) is 2.01. The fourth-order valence-corrected chi connectivity index (χ4v) is 2.12. The van der Waals surface area contributed by atoms with Crippen LogP contribution in [0.25, 0.3) is 0 Å². The van der Waals surface area contributed by atoms with Gasteiger partial charge in [0.1, 0.15) is 5.75 Å². The third kappa shape index (κ3) is 2.38. The van der Waals surface area contributed by atoms with E-state index in [4.69, 9.17) is 4.74 Å². The molecule has 0 amide bonds. The Balaban J connectivity index is 2.14. The zero-order valence-corrected chi connectivity index (χ0v) is 10.2. The molecule has 1 atom stereocenters. The summed E-state index contributed by atoms with van der Waals surface area (Å²) in [4.78, 5) is 0. The van der Waals surface area contributed by atoms with Crippen molar-refractivity contribution in [2.75, 3.05) is 7.05 Å². The van der Waals surface area contributed by atoms with Crippen molar-refractivity contribution in [3.05, 3.63) is 29.8 Å². The highest BCUT2D eigenvalue weighted by molar-refractivity contribution is 5.36. The van der Waals surface area contributed by atoms with Crippen LogP contribution < -0.4 is 10.1 Å². The highest BCUT2D eigenvalue weighted by Gasteiger charge is 2.21. The lowest BCUT2D eigenvalue weighted by molar-refractivity contribution is 0.118. The van der Waals surface area contributed by atoms with Gasteiger partial charge in [-0.3, -0.25) is 0 Å². The molecule has 0 radical (unpaired) electrons. The molecule has 1 N–H and O–H groups in total. The molecule has 88 valence electrons. The summed E-state index contributed by atoms with van der Waals surface area (Å²) in [6, 6.07) is 8.80. The summed E-state index contributed by atoms with van der Waals surface area (Å²) in [6.07, 6.45) is 5.28. The molecule has 0 heterocycles. The zero-order chi connectivity index (χ0) is 11.4. The van der Waals surface area contributed by atoms with Crippen LogP contribution in [0.15, 0.2) is 24.3 Å². The van der Waals surface area contributed by atoms with Gasteiger partial charge in [-0.05, 0) is 38.8 Å². The molecule has 2 rings (SSSR count). The SMILES string of the molecule is CCC(NC)c1ccccc1OC1CCC1. The molecule has 16 heavy (non-hydrogen) atoms. The molecule has 0 bridgehead atoms. The lowest BCUT2D eigenvalue weighted by Gasteiger charge is -2.28. The predicted octanol–water partition coefficient (Wildman–Crippen LogP) is 3.29. The highest BCUT2D eigenvalue weighted by Crippen LogP contribution is 2.31. The Hall–Kier alpha value is -1.02. The van der Waals surface area contributed by atoms with Crippen LogP contribution in [0.5, 0.6) is 5.75 Å². The maximum Gasteiger partial charge on any atom is 0.124 e. The average Bonchev–Trinajstić information content (AvgIpc) is 2.27.